The van der Waals surface area contributed by atoms with Crippen molar-refractivity contribution in [1.82, 2.24) is 10.2 Å². The zero-order chi connectivity index (χ0) is 17.5. The summed E-state index contributed by atoms with van der Waals surface area (Å²) in [6.07, 6.45) is 3.75. The van der Waals surface area contributed by atoms with Crippen LogP contribution in [0, 0.1) is 18.7 Å². The lowest BCUT2D eigenvalue weighted by molar-refractivity contribution is -0.136. The van der Waals surface area contributed by atoms with Crippen molar-refractivity contribution in [2.24, 2.45) is 5.92 Å². The lowest BCUT2D eigenvalue weighted by Gasteiger charge is -2.29. The lowest BCUT2D eigenvalue weighted by atomic mass is 10.1. The van der Waals surface area contributed by atoms with Crippen LogP contribution in [-0.2, 0) is 9.59 Å². The Morgan fingerprint density at radius 1 is 1.21 bits per heavy atom. The first-order chi connectivity index (χ1) is 11.5. The molecular weight excluding hydrogens is 309 g/mol. The van der Waals surface area contributed by atoms with Gasteiger partial charge in [-0.2, -0.15) is 0 Å². The Labute approximate surface area is 142 Å². The Kier molecular flexibility index (Phi) is 6.73. The molecule has 2 amide bonds. The molecule has 24 heavy (non-hydrogen) atoms. The van der Waals surface area contributed by atoms with Gasteiger partial charge in [-0.3, -0.25) is 9.59 Å². The molecule has 0 radical (unpaired) electrons. The maximum Gasteiger partial charge on any atom is 0.313 e. The third-order valence-corrected chi connectivity index (χ3v) is 4.27. The van der Waals surface area contributed by atoms with Crippen molar-refractivity contribution in [3.63, 3.8) is 0 Å². The Morgan fingerprint density at radius 3 is 2.58 bits per heavy atom. The van der Waals surface area contributed by atoms with Gasteiger partial charge in [-0.25, -0.2) is 4.39 Å². The van der Waals surface area contributed by atoms with Gasteiger partial charge in [0.05, 0.1) is 0 Å². The van der Waals surface area contributed by atoms with Gasteiger partial charge in [0, 0.05) is 18.8 Å². The number of rotatable bonds is 5. The van der Waals surface area contributed by atoms with Crippen LogP contribution in [0.25, 0.3) is 0 Å². The standard InChI is InChI=1S/C18H26FN3O2/c1-13(12-22-8-4-3-5-9-22)11-20-17(23)18(24)21-15-7-6-14(2)16(19)10-15/h6-7,10,13H,3-5,8-9,11-12H2,1-2H3,(H,20,23)(H,21,24)/t13-/m1/s1. The normalized spacial score (nSPS) is 16.5. The molecule has 0 bridgehead atoms. The number of piperidine rings is 1. The molecule has 1 saturated heterocycles. The minimum Gasteiger partial charge on any atom is -0.348 e. The Bertz CT molecular complexity index is 586. The molecule has 0 aromatic heterocycles. The molecule has 0 saturated carbocycles. The van der Waals surface area contributed by atoms with E-state index in [-0.39, 0.29) is 11.6 Å². The van der Waals surface area contributed by atoms with Crippen LogP contribution in [-0.4, -0.2) is 42.9 Å². The van der Waals surface area contributed by atoms with E-state index < -0.39 is 17.6 Å². The SMILES string of the molecule is Cc1ccc(NC(=O)C(=O)NC[C@@H](C)CN2CCCCC2)cc1F. The van der Waals surface area contributed by atoms with Crippen LogP contribution in [0.1, 0.15) is 31.7 Å². The second-order valence-corrected chi connectivity index (χ2v) is 6.59. The number of carbonyl (C=O) groups excluding carboxylic acids is 2. The van der Waals surface area contributed by atoms with E-state index in [4.69, 9.17) is 0 Å². The molecule has 1 aromatic rings. The third-order valence-electron chi connectivity index (χ3n) is 4.27. The molecular formula is C18H26FN3O2. The summed E-state index contributed by atoms with van der Waals surface area (Å²) < 4.78 is 13.5. The van der Waals surface area contributed by atoms with Gasteiger partial charge in [-0.15, -0.1) is 0 Å². The predicted octanol–water partition coefficient (Wildman–Crippen LogP) is 2.31. The predicted molar refractivity (Wildman–Crippen MR) is 92.2 cm³/mol. The van der Waals surface area contributed by atoms with Crippen molar-refractivity contribution in [3.8, 4) is 0 Å². The fraction of sp³-hybridized carbons (Fsp3) is 0.556. The fourth-order valence-electron chi connectivity index (χ4n) is 2.85. The van der Waals surface area contributed by atoms with Crippen LogP contribution in [0.4, 0.5) is 10.1 Å². The average molecular weight is 335 g/mol. The summed E-state index contributed by atoms with van der Waals surface area (Å²) in [6.45, 7) is 7.28. The molecule has 0 spiro atoms. The second kappa shape index (κ2) is 8.78. The number of hydrogen-bond donors (Lipinski definition) is 2. The molecule has 6 heteroatoms. The van der Waals surface area contributed by atoms with E-state index in [9.17, 15) is 14.0 Å². The molecule has 1 fully saturated rings. The number of hydrogen-bond acceptors (Lipinski definition) is 3. The highest BCUT2D eigenvalue weighted by Gasteiger charge is 2.17. The Balaban J connectivity index is 1.74. The first kappa shape index (κ1) is 18.4. The van der Waals surface area contributed by atoms with Gasteiger partial charge in [0.25, 0.3) is 0 Å². The number of nitrogens with one attached hydrogen (secondary N) is 2. The zero-order valence-electron chi connectivity index (χ0n) is 14.4. The van der Waals surface area contributed by atoms with Gasteiger partial charge < -0.3 is 15.5 Å². The summed E-state index contributed by atoms with van der Waals surface area (Å²) in [5.41, 5.74) is 0.767. The van der Waals surface area contributed by atoms with Crippen LogP contribution in [0.15, 0.2) is 18.2 Å². The molecule has 132 valence electrons. The molecule has 0 unspecified atom stereocenters. The van der Waals surface area contributed by atoms with Crippen molar-refractivity contribution >= 4 is 17.5 Å². The minimum absolute atomic E-state index is 0.275. The summed E-state index contributed by atoms with van der Waals surface area (Å²) in [6, 6.07) is 4.34. The quantitative estimate of drug-likeness (QED) is 0.812. The monoisotopic (exact) mass is 335 g/mol. The highest BCUT2D eigenvalue weighted by molar-refractivity contribution is 6.39. The van der Waals surface area contributed by atoms with Gasteiger partial charge in [0.2, 0.25) is 0 Å². The number of likely N-dealkylation sites (tertiary alicyclic amines) is 1. The van der Waals surface area contributed by atoms with Crippen LogP contribution in [0.3, 0.4) is 0 Å². The van der Waals surface area contributed by atoms with E-state index in [1.807, 2.05) is 0 Å². The van der Waals surface area contributed by atoms with E-state index in [0.717, 1.165) is 19.6 Å². The van der Waals surface area contributed by atoms with Crippen molar-refractivity contribution in [2.75, 3.05) is 31.5 Å². The van der Waals surface area contributed by atoms with Crippen LogP contribution >= 0.6 is 0 Å². The first-order valence-electron chi connectivity index (χ1n) is 8.53. The van der Waals surface area contributed by atoms with Crippen LogP contribution < -0.4 is 10.6 Å². The number of carbonyl (C=O) groups is 2. The molecule has 1 aromatic carbocycles. The highest BCUT2D eigenvalue weighted by atomic mass is 19.1. The van der Waals surface area contributed by atoms with Gasteiger partial charge in [-0.05, 0) is 56.5 Å². The maximum absolute atomic E-state index is 13.5. The summed E-state index contributed by atoms with van der Waals surface area (Å²) in [7, 11) is 0. The number of amides is 2. The van der Waals surface area contributed by atoms with Gasteiger partial charge >= 0.3 is 11.8 Å². The molecule has 1 aliphatic heterocycles. The van der Waals surface area contributed by atoms with Crippen molar-refractivity contribution in [3.05, 3.63) is 29.6 Å². The molecule has 1 aliphatic rings. The van der Waals surface area contributed by atoms with E-state index in [0.29, 0.717) is 12.1 Å². The Morgan fingerprint density at radius 2 is 1.92 bits per heavy atom. The van der Waals surface area contributed by atoms with Crippen molar-refractivity contribution < 1.29 is 14.0 Å². The first-order valence-corrected chi connectivity index (χ1v) is 8.53. The molecule has 2 rings (SSSR count). The van der Waals surface area contributed by atoms with E-state index in [1.165, 1.54) is 25.3 Å². The molecule has 0 aliphatic carbocycles. The van der Waals surface area contributed by atoms with Crippen LogP contribution in [0.5, 0.6) is 0 Å². The maximum atomic E-state index is 13.5. The topological polar surface area (TPSA) is 61.4 Å². The summed E-state index contributed by atoms with van der Waals surface area (Å²) in [5.74, 6) is -1.61. The number of halogens is 1. The largest absolute Gasteiger partial charge is 0.348 e. The molecule has 2 N–H and O–H groups in total. The zero-order valence-corrected chi connectivity index (χ0v) is 14.4. The molecule has 1 atom stereocenters. The highest BCUT2D eigenvalue weighted by Crippen LogP contribution is 2.13. The van der Waals surface area contributed by atoms with E-state index >= 15 is 0 Å². The number of nitrogens with zero attached hydrogens (tertiary/aromatic N) is 1. The summed E-state index contributed by atoms with van der Waals surface area (Å²) in [4.78, 5) is 26.1. The van der Waals surface area contributed by atoms with Gasteiger partial charge in [0.15, 0.2) is 0 Å². The number of anilines is 1. The van der Waals surface area contributed by atoms with Crippen molar-refractivity contribution in [1.29, 1.82) is 0 Å². The molecule has 1 heterocycles. The number of benzene rings is 1. The van der Waals surface area contributed by atoms with Crippen LogP contribution in [0.2, 0.25) is 0 Å². The van der Waals surface area contributed by atoms with Gasteiger partial charge in [-0.1, -0.05) is 19.4 Å². The van der Waals surface area contributed by atoms with E-state index in [1.54, 1.807) is 19.1 Å². The third kappa shape index (κ3) is 5.60. The number of aryl methyl sites for hydroxylation is 1. The minimum atomic E-state index is -0.775. The lowest BCUT2D eigenvalue weighted by Crippen LogP contribution is -2.41. The average Bonchev–Trinajstić information content (AvgIpc) is 2.57. The Hall–Kier alpha value is -1.95. The van der Waals surface area contributed by atoms with Gasteiger partial charge in [0.1, 0.15) is 5.82 Å². The summed E-state index contributed by atoms with van der Waals surface area (Å²) >= 11 is 0. The van der Waals surface area contributed by atoms with Crippen molar-refractivity contribution in [2.45, 2.75) is 33.1 Å². The van der Waals surface area contributed by atoms with E-state index in [2.05, 4.69) is 22.5 Å². The second-order valence-electron chi connectivity index (χ2n) is 6.59. The summed E-state index contributed by atoms with van der Waals surface area (Å²) in [5, 5.41) is 5.06. The molecule has 5 nitrogen and oxygen atoms in total. The smallest absolute Gasteiger partial charge is 0.313 e. The fourth-order valence-corrected chi connectivity index (χ4v) is 2.85.